The molecule has 0 N–H and O–H groups in total. The van der Waals surface area contributed by atoms with E-state index in [0.717, 1.165) is 11.1 Å². The summed E-state index contributed by atoms with van der Waals surface area (Å²) in [6.45, 7) is 0. The van der Waals surface area contributed by atoms with Gasteiger partial charge in [0, 0.05) is 5.56 Å². The third-order valence-electron chi connectivity index (χ3n) is 2.69. The van der Waals surface area contributed by atoms with E-state index < -0.39 is 10.7 Å². The highest BCUT2D eigenvalue weighted by Crippen LogP contribution is 2.27. The molecule has 2 rings (SSSR count). The van der Waals surface area contributed by atoms with E-state index in [4.69, 9.17) is 4.74 Å². The molecule has 0 radical (unpaired) electrons. The van der Waals surface area contributed by atoms with Gasteiger partial charge in [-0.05, 0) is 17.2 Å². The molecule has 0 aliphatic carbocycles. The SMILES string of the molecule is COc1cc(-c2ccccc2)ccc1C[SH](=O)=O. The summed E-state index contributed by atoms with van der Waals surface area (Å²) in [5.74, 6) is 0.615. The van der Waals surface area contributed by atoms with Gasteiger partial charge >= 0.3 is 0 Å². The fourth-order valence-corrected chi connectivity index (χ4v) is 2.36. The molecular formula is C14H14O3S. The molecule has 0 fully saturated rings. The maximum Gasteiger partial charge on any atom is 0.144 e. The van der Waals surface area contributed by atoms with Crippen molar-refractivity contribution in [2.75, 3.05) is 7.11 Å². The quantitative estimate of drug-likeness (QED) is 0.861. The topological polar surface area (TPSA) is 43.4 Å². The van der Waals surface area contributed by atoms with E-state index in [9.17, 15) is 8.42 Å². The highest BCUT2D eigenvalue weighted by Gasteiger charge is 2.06. The molecule has 0 heterocycles. The van der Waals surface area contributed by atoms with Gasteiger partial charge < -0.3 is 4.74 Å². The Morgan fingerprint density at radius 1 is 1.00 bits per heavy atom. The van der Waals surface area contributed by atoms with Gasteiger partial charge in [-0.2, -0.15) is 0 Å². The van der Waals surface area contributed by atoms with Gasteiger partial charge in [0.1, 0.15) is 16.5 Å². The van der Waals surface area contributed by atoms with Gasteiger partial charge in [0.05, 0.1) is 12.9 Å². The van der Waals surface area contributed by atoms with Crippen molar-refractivity contribution < 1.29 is 13.2 Å². The molecule has 0 bridgehead atoms. The predicted molar refractivity (Wildman–Crippen MR) is 72.4 cm³/mol. The first kappa shape index (κ1) is 12.6. The lowest BCUT2D eigenvalue weighted by atomic mass is 10.0. The predicted octanol–water partition coefficient (Wildman–Crippen LogP) is 2.47. The zero-order valence-corrected chi connectivity index (χ0v) is 10.9. The Morgan fingerprint density at radius 2 is 1.72 bits per heavy atom. The van der Waals surface area contributed by atoms with Crippen LogP contribution in [0.25, 0.3) is 11.1 Å². The van der Waals surface area contributed by atoms with Crippen molar-refractivity contribution in [3.63, 3.8) is 0 Å². The average Bonchev–Trinajstić information content (AvgIpc) is 2.39. The lowest BCUT2D eigenvalue weighted by molar-refractivity contribution is 0.411. The summed E-state index contributed by atoms with van der Waals surface area (Å²) in [5, 5.41) is 0. The monoisotopic (exact) mass is 262 g/mol. The summed E-state index contributed by atoms with van der Waals surface area (Å²) in [7, 11) is -0.895. The molecule has 0 atom stereocenters. The van der Waals surface area contributed by atoms with Crippen molar-refractivity contribution in [2.45, 2.75) is 5.75 Å². The fraction of sp³-hybridized carbons (Fsp3) is 0.143. The lowest BCUT2D eigenvalue weighted by Gasteiger charge is -2.09. The van der Waals surface area contributed by atoms with Crippen LogP contribution in [-0.4, -0.2) is 15.5 Å². The van der Waals surface area contributed by atoms with Crippen molar-refractivity contribution in [2.24, 2.45) is 0 Å². The molecule has 4 heteroatoms. The Balaban J connectivity index is 2.42. The Morgan fingerprint density at radius 3 is 2.33 bits per heavy atom. The number of benzene rings is 2. The van der Waals surface area contributed by atoms with Gasteiger partial charge in [-0.1, -0.05) is 42.5 Å². The van der Waals surface area contributed by atoms with E-state index in [1.54, 1.807) is 13.2 Å². The number of hydrogen-bond acceptors (Lipinski definition) is 3. The molecule has 0 amide bonds. The van der Waals surface area contributed by atoms with Crippen molar-refractivity contribution in [3.05, 3.63) is 54.1 Å². The van der Waals surface area contributed by atoms with Gasteiger partial charge in [-0.25, -0.2) is 8.42 Å². The maximum absolute atomic E-state index is 10.8. The van der Waals surface area contributed by atoms with Gasteiger partial charge in [0.25, 0.3) is 0 Å². The van der Waals surface area contributed by atoms with Crippen molar-refractivity contribution in [3.8, 4) is 16.9 Å². The Bertz CT molecular complexity index is 596. The van der Waals surface area contributed by atoms with Crippen LogP contribution in [0.2, 0.25) is 0 Å². The van der Waals surface area contributed by atoms with Crippen LogP contribution < -0.4 is 4.74 Å². The number of methoxy groups -OCH3 is 1. The molecule has 3 nitrogen and oxygen atoms in total. The Kier molecular flexibility index (Phi) is 3.99. The van der Waals surface area contributed by atoms with E-state index in [1.165, 1.54) is 0 Å². The molecule has 0 saturated heterocycles. The first-order valence-corrected chi connectivity index (χ1v) is 6.91. The van der Waals surface area contributed by atoms with E-state index in [-0.39, 0.29) is 5.75 Å². The van der Waals surface area contributed by atoms with Gasteiger partial charge in [0.2, 0.25) is 0 Å². The minimum atomic E-state index is -2.44. The Labute approximate surface area is 108 Å². The van der Waals surface area contributed by atoms with Crippen LogP contribution in [0.1, 0.15) is 5.56 Å². The largest absolute Gasteiger partial charge is 0.496 e. The second-order valence-electron chi connectivity index (χ2n) is 3.88. The van der Waals surface area contributed by atoms with E-state index in [1.807, 2.05) is 42.5 Å². The van der Waals surface area contributed by atoms with Crippen molar-refractivity contribution >= 4 is 10.7 Å². The van der Waals surface area contributed by atoms with Crippen LogP contribution in [0, 0.1) is 0 Å². The van der Waals surface area contributed by atoms with Crippen LogP contribution in [0.3, 0.4) is 0 Å². The average molecular weight is 262 g/mol. The van der Waals surface area contributed by atoms with E-state index in [0.29, 0.717) is 11.3 Å². The normalized spacial score (nSPS) is 10.6. The van der Waals surface area contributed by atoms with Gasteiger partial charge in [-0.3, -0.25) is 0 Å². The minimum Gasteiger partial charge on any atom is -0.496 e. The van der Waals surface area contributed by atoms with E-state index >= 15 is 0 Å². The Hall–Kier alpha value is -1.81. The van der Waals surface area contributed by atoms with Crippen molar-refractivity contribution in [1.29, 1.82) is 0 Å². The summed E-state index contributed by atoms with van der Waals surface area (Å²) >= 11 is 0. The molecule has 18 heavy (non-hydrogen) atoms. The fourth-order valence-electron chi connectivity index (χ4n) is 1.82. The van der Waals surface area contributed by atoms with Crippen LogP contribution in [0.5, 0.6) is 5.75 Å². The number of rotatable bonds is 4. The number of ether oxygens (including phenoxy) is 1. The van der Waals surface area contributed by atoms with Gasteiger partial charge in [0.15, 0.2) is 0 Å². The molecule has 2 aromatic carbocycles. The summed E-state index contributed by atoms with van der Waals surface area (Å²) in [5.41, 5.74) is 2.78. The molecule has 0 aliphatic rings. The molecule has 0 unspecified atom stereocenters. The molecular weight excluding hydrogens is 248 g/mol. The number of thiol groups is 1. The van der Waals surface area contributed by atoms with Crippen LogP contribution in [-0.2, 0) is 16.5 Å². The van der Waals surface area contributed by atoms with Gasteiger partial charge in [-0.15, -0.1) is 0 Å². The van der Waals surface area contributed by atoms with Crippen LogP contribution >= 0.6 is 0 Å². The molecule has 94 valence electrons. The summed E-state index contributed by atoms with van der Waals surface area (Å²) in [6, 6.07) is 15.5. The second kappa shape index (κ2) is 5.69. The zero-order valence-electron chi connectivity index (χ0n) is 10.00. The first-order valence-electron chi connectivity index (χ1n) is 5.55. The maximum atomic E-state index is 10.8. The standard InChI is InChI=1S/C14H14O3S/c1-17-14-9-12(11-5-3-2-4-6-11)7-8-13(14)10-18(15)16/h2-9,18H,10H2,1H3. The summed E-state index contributed by atoms with van der Waals surface area (Å²) in [6.07, 6.45) is 0. The molecule has 0 spiro atoms. The molecule has 2 aromatic rings. The zero-order chi connectivity index (χ0) is 13.0. The number of hydrogen-bond donors (Lipinski definition) is 1. The molecule has 0 saturated carbocycles. The third kappa shape index (κ3) is 2.90. The minimum absolute atomic E-state index is 0.00752. The highest BCUT2D eigenvalue weighted by atomic mass is 32.2. The molecule has 0 aliphatic heterocycles. The second-order valence-corrected chi connectivity index (χ2v) is 4.87. The summed E-state index contributed by atoms with van der Waals surface area (Å²) < 4.78 is 26.8. The summed E-state index contributed by atoms with van der Waals surface area (Å²) in [4.78, 5) is 0. The van der Waals surface area contributed by atoms with E-state index in [2.05, 4.69) is 0 Å². The van der Waals surface area contributed by atoms with Crippen LogP contribution in [0.15, 0.2) is 48.5 Å². The first-order chi connectivity index (χ1) is 8.70. The lowest BCUT2D eigenvalue weighted by Crippen LogP contribution is -1.94. The highest BCUT2D eigenvalue weighted by molar-refractivity contribution is 7.71. The smallest absolute Gasteiger partial charge is 0.144 e. The molecule has 0 aromatic heterocycles. The van der Waals surface area contributed by atoms with Crippen LogP contribution in [0.4, 0.5) is 0 Å². The van der Waals surface area contributed by atoms with Crippen molar-refractivity contribution in [1.82, 2.24) is 0 Å². The third-order valence-corrected chi connectivity index (χ3v) is 3.29.